The number of hydrogen-bond donors (Lipinski definition) is 7. The minimum atomic E-state index is -1.92. The van der Waals surface area contributed by atoms with Crippen LogP contribution in [0, 0.1) is 19.8 Å². The molecule has 0 bridgehead atoms. The number of aliphatic carboxylic acids is 1. The summed E-state index contributed by atoms with van der Waals surface area (Å²) in [5.74, 6) is -2.55. The molecule has 0 aliphatic carbocycles. The van der Waals surface area contributed by atoms with Gasteiger partial charge in [0, 0.05) is 63.6 Å². The Bertz CT molecular complexity index is 1370. The van der Waals surface area contributed by atoms with Crippen molar-refractivity contribution >= 4 is 18.0 Å². The van der Waals surface area contributed by atoms with E-state index >= 15 is 0 Å². The highest BCUT2D eigenvalue weighted by Crippen LogP contribution is 2.40. The number of morpholine rings is 1. The lowest BCUT2D eigenvalue weighted by molar-refractivity contribution is -0.242. The molecule has 1 aromatic rings. The van der Waals surface area contributed by atoms with Crippen LogP contribution in [-0.2, 0) is 19.0 Å². The molecule has 2 amide bonds. The number of nitrogens with two attached hydrogens (primary N) is 1. The minimum Gasteiger partial charge on any atom is -0.507 e. The normalized spacial score (nSPS) is 28.9. The number of phenolic OH excluding ortho intramolecular Hbond substituents is 1. The summed E-state index contributed by atoms with van der Waals surface area (Å²) >= 11 is 0. The number of rotatable bonds is 12. The lowest BCUT2D eigenvalue weighted by Crippen LogP contribution is -2.64. The molecule has 3 fully saturated rings. The van der Waals surface area contributed by atoms with Crippen LogP contribution >= 0.6 is 0 Å². The number of aliphatic hydroxyl groups excluding tert-OH is 3. The SMILES string of the molecule is Cc1cc(C(=O)NC[C@@H](O)[C@@H](O)[C@@H]2OC(CCN3CCOC[C@@]34CCN(C(=O)OC(C)(C)N)C4)(C(=O)O)C[C@H](O)[C@H]2CN(C)C)cc(C)c1O. The number of benzene rings is 1. The second-order valence-electron chi connectivity index (χ2n) is 15.0. The van der Waals surface area contributed by atoms with Crippen LogP contribution < -0.4 is 11.1 Å². The number of hydrogen-bond acceptors (Lipinski definition) is 13. The van der Waals surface area contributed by atoms with Gasteiger partial charge in [-0.1, -0.05) is 0 Å². The fourth-order valence-corrected chi connectivity index (χ4v) is 7.31. The fraction of sp³-hybridized carbons (Fsp3) is 0.735. The standard InChI is InChI=1S/C34H55N5O11/c1-20-13-22(14-21(2)26(20)42)29(44)36-16-25(41)27(43)28-23(17-37(5)6)24(40)15-34(49-28,30(45)46)8-10-39-11-12-48-19-33(39)7-9-38(18-33)31(47)50-32(3,4)35/h13-14,23-25,27-28,40-43H,7-12,15-19,35H2,1-6H3,(H,36,44)(H,45,46)/t23-,24+,25-,27-,28-,33+,34?/m1/s1. The van der Waals surface area contributed by atoms with Crippen molar-refractivity contribution in [2.45, 2.75) is 88.2 Å². The van der Waals surface area contributed by atoms with Crippen LogP contribution in [0.1, 0.15) is 54.6 Å². The van der Waals surface area contributed by atoms with Crippen molar-refractivity contribution in [1.82, 2.24) is 20.0 Å². The molecule has 1 aromatic carbocycles. The maximum atomic E-state index is 13.0. The number of likely N-dealkylation sites (tertiary alicyclic amines) is 1. The van der Waals surface area contributed by atoms with E-state index in [0.717, 1.165) is 0 Å². The quantitative estimate of drug-likeness (QED) is 0.137. The van der Waals surface area contributed by atoms with E-state index in [1.807, 2.05) is 0 Å². The second kappa shape index (κ2) is 15.7. The molecule has 4 rings (SSSR count). The van der Waals surface area contributed by atoms with Crippen molar-refractivity contribution in [3.63, 3.8) is 0 Å². The Balaban J connectivity index is 1.50. The summed E-state index contributed by atoms with van der Waals surface area (Å²) in [5, 5.41) is 57.2. The van der Waals surface area contributed by atoms with Crippen molar-refractivity contribution < 1.29 is 54.1 Å². The summed E-state index contributed by atoms with van der Waals surface area (Å²) in [4.78, 5) is 44.1. The zero-order valence-electron chi connectivity index (χ0n) is 29.9. The number of amides is 2. The summed E-state index contributed by atoms with van der Waals surface area (Å²) in [6.45, 7) is 8.41. The molecule has 8 N–H and O–H groups in total. The molecule has 7 atom stereocenters. The van der Waals surface area contributed by atoms with Crippen LogP contribution in [0.2, 0.25) is 0 Å². The zero-order chi connectivity index (χ0) is 37.2. The first-order chi connectivity index (χ1) is 23.3. The third kappa shape index (κ3) is 9.03. The second-order valence-corrected chi connectivity index (χ2v) is 15.0. The molecule has 0 saturated carbocycles. The Morgan fingerprint density at radius 1 is 1.18 bits per heavy atom. The van der Waals surface area contributed by atoms with E-state index < -0.39 is 65.2 Å². The average molecular weight is 710 g/mol. The van der Waals surface area contributed by atoms with Gasteiger partial charge in [-0.25, -0.2) is 9.59 Å². The number of aryl methyl sites for hydroxylation is 2. The highest BCUT2D eigenvalue weighted by Gasteiger charge is 2.55. The molecule has 16 heteroatoms. The zero-order valence-corrected chi connectivity index (χ0v) is 29.9. The Morgan fingerprint density at radius 2 is 1.84 bits per heavy atom. The number of aliphatic hydroxyl groups is 3. The number of carboxylic acids is 1. The van der Waals surface area contributed by atoms with Gasteiger partial charge in [-0.15, -0.1) is 0 Å². The molecule has 16 nitrogen and oxygen atoms in total. The molecule has 3 aliphatic rings. The van der Waals surface area contributed by atoms with Gasteiger partial charge >= 0.3 is 12.1 Å². The summed E-state index contributed by atoms with van der Waals surface area (Å²) in [6.07, 6.45) is -6.07. The molecule has 50 heavy (non-hydrogen) atoms. The summed E-state index contributed by atoms with van der Waals surface area (Å²) in [6, 6.07) is 3.01. The van der Waals surface area contributed by atoms with E-state index in [1.54, 1.807) is 51.6 Å². The maximum Gasteiger partial charge on any atom is 0.411 e. The first-order valence-corrected chi connectivity index (χ1v) is 17.1. The lowest BCUT2D eigenvalue weighted by atomic mass is 9.77. The van der Waals surface area contributed by atoms with Crippen LogP contribution in [0.25, 0.3) is 0 Å². The van der Waals surface area contributed by atoms with E-state index in [-0.39, 0.29) is 43.8 Å². The Hall–Kier alpha value is -3.09. The van der Waals surface area contributed by atoms with E-state index in [2.05, 4.69) is 10.2 Å². The minimum absolute atomic E-state index is 0.0638. The molecule has 3 aliphatic heterocycles. The molecule has 0 radical (unpaired) electrons. The maximum absolute atomic E-state index is 13.0. The van der Waals surface area contributed by atoms with Crippen molar-refractivity contribution in [3.8, 4) is 5.75 Å². The van der Waals surface area contributed by atoms with Crippen LogP contribution in [0.5, 0.6) is 5.75 Å². The van der Waals surface area contributed by atoms with Crippen molar-refractivity contribution in [1.29, 1.82) is 0 Å². The van der Waals surface area contributed by atoms with Crippen LogP contribution in [0.15, 0.2) is 12.1 Å². The first-order valence-electron chi connectivity index (χ1n) is 17.1. The Kier molecular flexibility index (Phi) is 12.4. The van der Waals surface area contributed by atoms with Gasteiger partial charge in [0.15, 0.2) is 11.3 Å². The third-order valence-electron chi connectivity index (χ3n) is 10.0. The van der Waals surface area contributed by atoms with Gasteiger partial charge in [-0.3, -0.25) is 15.4 Å². The van der Waals surface area contributed by atoms with Gasteiger partial charge < -0.3 is 54.9 Å². The molecular weight excluding hydrogens is 654 g/mol. The van der Waals surface area contributed by atoms with Crippen molar-refractivity contribution in [2.75, 3.05) is 66.6 Å². The predicted octanol–water partition coefficient (Wildman–Crippen LogP) is -0.390. The van der Waals surface area contributed by atoms with Crippen LogP contribution in [0.3, 0.4) is 0 Å². The molecule has 1 unspecified atom stereocenters. The van der Waals surface area contributed by atoms with Gasteiger partial charge in [-0.05, 0) is 71.5 Å². The van der Waals surface area contributed by atoms with Gasteiger partial charge in [-0.2, -0.15) is 0 Å². The average Bonchev–Trinajstić information content (AvgIpc) is 3.45. The largest absolute Gasteiger partial charge is 0.507 e. The fourth-order valence-electron chi connectivity index (χ4n) is 7.31. The van der Waals surface area contributed by atoms with Crippen LogP contribution in [-0.4, -0.2) is 166 Å². The predicted molar refractivity (Wildman–Crippen MR) is 181 cm³/mol. The first kappa shape index (κ1) is 39.7. The number of aromatic hydroxyl groups is 1. The lowest BCUT2D eigenvalue weighted by Gasteiger charge is -2.49. The van der Waals surface area contributed by atoms with Crippen molar-refractivity contribution in [2.24, 2.45) is 11.7 Å². The van der Waals surface area contributed by atoms with E-state index in [4.69, 9.17) is 19.9 Å². The monoisotopic (exact) mass is 709 g/mol. The molecule has 3 heterocycles. The molecule has 1 spiro atoms. The molecule has 282 valence electrons. The highest BCUT2D eigenvalue weighted by molar-refractivity contribution is 5.94. The van der Waals surface area contributed by atoms with E-state index in [9.17, 15) is 39.9 Å². The number of carboxylic acid groups (broad SMARTS) is 1. The van der Waals surface area contributed by atoms with Gasteiger partial charge in [0.1, 0.15) is 11.9 Å². The summed E-state index contributed by atoms with van der Waals surface area (Å²) in [7, 11) is 3.53. The van der Waals surface area contributed by atoms with Crippen LogP contribution in [0.4, 0.5) is 4.79 Å². The number of carbonyl (C=O) groups excluding carboxylic acids is 2. The summed E-state index contributed by atoms with van der Waals surface area (Å²) in [5.41, 5.74) is 3.47. The van der Waals surface area contributed by atoms with Gasteiger partial charge in [0.2, 0.25) is 0 Å². The smallest absolute Gasteiger partial charge is 0.411 e. The number of ether oxygens (including phenoxy) is 3. The van der Waals surface area contributed by atoms with Gasteiger partial charge in [0.25, 0.3) is 5.91 Å². The number of carbonyl (C=O) groups is 3. The molecule has 0 aromatic heterocycles. The van der Waals surface area contributed by atoms with E-state index in [0.29, 0.717) is 50.4 Å². The Labute approximate surface area is 293 Å². The third-order valence-corrected chi connectivity index (χ3v) is 10.0. The number of nitrogens with one attached hydrogen (secondary N) is 1. The Morgan fingerprint density at radius 3 is 2.44 bits per heavy atom. The van der Waals surface area contributed by atoms with E-state index in [1.165, 1.54) is 12.1 Å². The number of nitrogens with zero attached hydrogens (tertiary/aromatic N) is 3. The van der Waals surface area contributed by atoms with Crippen molar-refractivity contribution in [3.05, 3.63) is 28.8 Å². The van der Waals surface area contributed by atoms with Gasteiger partial charge in [0.05, 0.1) is 37.1 Å². The topological polar surface area (TPSA) is 228 Å². The number of phenols is 1. The molecule has 3 saturated heterocycles. The highest BCUT2D eigenvalue weighted by atomic mass is 16.6. The summed E-state index contributed by atoms with van der Waals surface area (Å²) < 4.78 is 17.5. The molecular formula is C34H55N5O11.